The van der Waals surface area contributed by atoms with Gasteiger partial charge in [0.2, 0.25) is 0 Å². The Bertz CT molecular complexity index is 855. The number of nitrogens with zero attached hydrogens (tertiary/aromatic N) is 1. The van der Waals surface area contributed by atoms with Crippen LogP contribution in [0.1, 0.15) is 21.5 Å². The molecule has 0 fully saturated rings. The normalized spacial score (nSPS) is 10.5. The molecule has 0 radical (unpaired) electrons. The predicted molar refractivity (Wildman–Crippen MR) is 95.2 cm³/mol. The second-order valence-corrected chi connectivity index (χ2v) is 5.39. The van der Waals surface area contributed by atoms with E-state index in [9.17, 15) is 19.7 Å². The van der Waals surface area contributed by atoms with Crippen LogP contribution in [0.15, 0.2) is 48.5 Å². The molecule has 0 bridgehead atoms. The van der Waals surface area contributed by atoms with Gasteiger partial charge in [0, 0.05) is 17.2 Å². The third-order valence-corrected chi connectivity index (χ3v) is 3.58. The maximum Gasteiger partial charge on any atom is 0.343 e. The Hall–Kier alpha value is -3.48. The van der Waals surface area contributed by atoms with Crippen molar-refractivity contribution in [3.63, 3.8) is 0 Å². The number of allylic oxidation sites excluding steroid dienone is 1. The number of nitro groups is 1. The molecular weight excluding hydrogens is 338 g/mol. The molecule has 134 valence electrons. The summed E-state index contributed by atoms with van der Waals surface area (Å²) in [6, 6.07) is 11.0. The summed E-state index contributed by atoms with van der Waals surface area (Å²) in [6.45, 7) is 1.44. The first-order valence-electron chi connectivity index (χ1n) is 7.68. The summed E-state index contributed by atoms with van der Waals surface area (Å²) in [4.78, 5) is 33.7. The Labute approximate surface area is 150 Å². The first-order valence-corrected chi connectivity index (χ1v) is 7.68. The van der Waals surface area contributed by atoms with E-state index in [-0.39, 0.29) is 18.1 Å². The third kappa shape index (κ3) is 5.01. The van der Waals surface area contributed by atoms with Crippen LogP contribution < -0.4 is 4.74 Å². The van der Waals surface area contributed by atoms with Crippen molar-refractivity contribution in [2.75, 3.05) is 13.7 Å². The van der Waals surface area contributed by atoms with Crippen molar-refractivity contribution in [1.29, 1.82) is 0 Å². The first-order chi connectivity index (χ1) is 12.4. The number of ketones is 1. The van der Waals surface area contributed by atoms with Gasteiger partial charge in [0.25, 0.3) is 5.69 Å². The first kappa shape index (κ1) is 18.9. The monoisotopic (exact) mass is 355 g/mol. The fourth-order valence-electron chi connectivity index (χ4n) is 2.11. The smallest absolute Gasteiger partial charge is 0.343 e. The zero-order valence-electron chi connectivity index (χ0n) is 14.3. The van der Waals surface area contributed by atoms with E-state index in [4.69, 9.17) is 4.74 Å². The number of benzene rings is 2. The highest BCUT2D eigenvalue weighted by atomic mass is 16.6. The minimum atomic E-state index is -0.500. The minimum absolute atomic E-state index is 0.00621. The van der Waals surface area contributed by atoms with E-state index in [0.717, 1.165) is 0 Å². The average Bonchev–Trinajstić information content (AvgIpc) is 2.65. The van der Waals surface area contributed by atoms with Crippen molar-refractivity contribution in [2.45, 2.75) is 6.92 Å². The standard InChI is InChI=1S/C19H17NO6/c1-13-3-4-14(11-17(13)20(23)24)5-10-18(21)15-6-8-16(9-7-15)26-12-19(22)25-2/h3-11H,12H2,1-2H3/b10-5+. The molecule has 0 saturated heterocycles. The van der Waals surface area contributed by atoms with E-state index in [1.165, 1.54) is 25.3 Å². The van der Waals surface area contributed by atoms with Gasteiger partial charge in [0.1, 0.15) is 5.75 Å². The van der Waals surface area contributed by atoms with Crippen LogP contribution in [0.2, 0.25) is 0 Å². The summed E-state index contributed by atoms with van der Waals surface area (Å²) in [7, 11) is 1.27. The van der Waals surface area contributed by atoms with Crippen LogP contribution in [0.25, 0.3) is 6.08 Å². The lowest BCUT2D eigenvalue weighted by molar-refractivity contribution is -0.385. The molecule has 0 aliphatic carbocycles. The fraction of sp³-hybridized carbons (Fsp3) is 0.158. The van der Waals surface area contributed by atoms with Gasteiger partial charge in [-0.25, -0.2) is 4.79 Å². The zero-order chi connectivity index (χ0) is 19.1. The van der Waals surface area contributed by atoms with Crippen molar-refractivity contribution in [2.24, 2.45) is 0 Å². The van der Waals surface area contributed by atoms with Gasteiger partial charge in [0.15, 0.2) is 12.4 Å². The van der Waals surface area contributed by atoms with E-state index >= 15 is 0 Å². The van der Waals surface area contributed by atoms with Crippen LogP contribution >= 0.6 is 0 Å². The van der Waals surface area contributed by atoms with Crippen LogP contribution in [-0.4, -0.2) is 30.4 Å². The molecule has 7 heteroatoms. The molecule has 0 spiro atoms. The van der Waals surface area contributed by atoms with E-state index in [1.54, 1.807) is 43.3 Å². The van der Waals surface area contributed by atoms with Crippen LogP contribution in [0, 0.1) is 17.0 Å². The summed E-state index contributed by atoms with van der Waals surface area (Å²) >= 11 is 0. The van der Waals surface area contributed by atoms with Crippen molar-refractivity contribution < 1.29 is 24.0 Å². The molecule has 0 aliphatic heterocycles. The molecule has 0 heterocycles. The van der Waals surface area contributed by atoms with E-state index in [1.807, 2.05) is 0 Å². The number of rotatable bonds is 7. The topological polar surface area (TPSA) is 95.7 Å². The Morgan fingerprint density at radius 2 is 1.85 bits per heavy atom. The fourth-order valence-corrected chi connectivity index (χ4v) is 2.11. The van der Waals surface area contributed by atoms with Gasteiger partial charge in [-0.2, -0.15) is 0 Å². The molecule has 7 nitrogen and oxygen atoms in total. The molecular formula is C19H17NO6. The average molecular weight is 355 g/mol. The van der Waals surface area contributed by atoms with Crippen LogP contribution in [0.4, 0.5) is 5.69 Å². The molecule has 26 heavy (non-hydrogen) atoms. The number of nitro benzene ring substituents is 1. The summed E-state index contributed by atoms with van der Waals surface area (Å²) in [5.74, 6) is -0.321. The molecule has 2 rings (SSSR count). The molecule has 0 amide bonds. The number of esters is 1. The van der Waals surface area contributed by atoms with E-state index in [2.05, 4.69) is 4.74 Å². The molecule has 0 saturated carbocycles. The molecule has 0 atom stereocenters. The lowest BCUT2D eigenvalue weighted by Gasteiger charge is -2.05. The van der Waals surface area contributed by atoms with Crippen molar-refractivity contribution in [3.05, 3.63) is 75.3 Å². The maximum absolute atomic E-state index is 12.2. The highest BCUT2D eigenvalue weighted by Crippen LogP contribution is 2.20. The van der Waals surface area contributed by atoms with Gasteiger partial charge in [-0.1, -0.05) is 18.2 Å². The third-order valence-electron chi connectivity index (χ3n) is 3.58. The van der Waals surface area contributed by atoms with Gasteiger partial charge in [-0.3, -0.25) is 14.9 Å². The van der Waals surface area contributed by atoms with Gasteiger partial charge in [-0.05, 0) is 42.8 Å². The summed E-state index contributed by atoms with van der Waals surface area (Å²) in [5, 5.41) is 11.0. The highest BCUT2D eigenvalue weighted by Gasteiger charge is 2.10. The van der Waals surface area contributed by atoms with E-state index < -0.39 is 10.9 Å². The summed E-state index contributed by atoms with van der Waals surface area (Å²) in [5.41, 5.74) is 1.55. The molecule has 2 aromatic rings. The van der Waals surface area contributed by atoms with Gasteiger partial charge >= 0.3 is 5.97 Å². The second-order valence-electron chi connectivity index (χ2n) is 5.39. The lowest BCUT2D eigenvalue weighted by atomic mass is 10.1. The van der Waals surface area contributed by atoms with Gasteiger partial charge < -0.3 is 9.47 Å². The Balaban J connectivity index is 2.05. The van der Waals surface area contributed by atoms with Gasteiger partial charge in [0.05, 0.1) is 12.0 Å². The predicted octanol–water partition coefficient (Wildman–Crippen LogP) is 3.35. The minimum Gasteiger partial charge on any atom is -0.482 e. The van der Waals surface area contributed by atoms with Crippen LogP contribution in [0.3, 0.4) is 0 Å². The molecule has 0 aromatic heterocycles. The zero-order valence-corrected chi connectivity index (χ0v) is 14.3. The lowest BCUT2D eigenvalue weighted by Crippen LogP contribution is -2.12. The molecule has 0 aliphatic rings. The number of aryl methyl sites for hydroxylation is 1. The second kappa shape index (κ2) is 8.57. The Morgan fingerprint density at radius 3 is 2.46 bits per heavy atom. The Kier molecular flexibility index (Phi) is 6.21. The van der Waals surface area contributed by atoms with Crippen molar-refractivity contribution >= 4 is 23.5 Å². The highest BCUT2D eigenvalue weighted by molar-refractivity contribution is 6.06. The molecule has 2 aromatic carbocycles. The van der Waals surface area contributed by atoms with Crippen molar-refractivity contribution in [1.82, 2.24) is 0 Å². The number of ether oxygens (including phenoxy) is 2. The van der Waals surface area contributed by atoms with Gasteiger partial charge in [-0.15, -0.1) is 0 Å². The number of hydrogen-bond acceptors (Lipinski definition) is 6. The SMILES string of the molecule is COC(=O)COc1ccc(C(=O)/C=C/c2ccc(C)c([N+](=O)[O-])c2)cc1. The summed E-state index contributed by atoms with van der Waals surface area (Å²) < 4.78 is 9.67. The maximum atomic E-state index is 12.2. The number of carbonyl (C=O) groups is 2. The van der Waals surface area contributed by atoms with Crippen LogP contribution in [0.5, 0.6) is 5.75 Å². The van der Waals surface area contributed by atoms with Crippen molar-refractivity contribution in [3.8, 4) is 5.75 Å². The number of methoxy groups -OCH3 is 1. The van der Waals surface area contributed by atoms with Crippen LogP contribution in [-0.2, 0) is 9.53 Å². The van der Waals surface area contributed by atoms with E-state index in [0.29, 0.717) is 22.4 Å². The Morgan fingerprint density at radius 1 is 1.15 bits per heavy atom. The summed E-state index contributed by atoms with van der Waals surface area (Å²) in [6.07, 6.45) is 2.87. The molecule has 0 N–H and O–H groups in total. The largest absolute Gasteiger partial charge is 0.482 e. The number of carbonyl (C=O) groups excluding carboxylic acids is 2. The number of hydrogen-bond donors (Lipinski definition) is 0. The molecule has 0 unspecified atom stereocenters. The quantitative estimate of drug-likeness (QED) is 0.248.